The number of unbranched alkanes of at least 4 members (excludes halogenated alkanes) is 1. The molecular weight excluding hydrogens is 471 g/mol. The lowest BCUT2D eigenvalue weighted by atomic mass is 10.1. The van der Waals surface area contributed by atoms with E-state index in [1.165, 1.54) is 29.5 Å². The van der Waals surface area contributed by atoms with E-state index in [1.807, 2.05) is 32.9 Å². The van der Waals surface area contributed by atoms with Gasteiger partial charge in [-0.05, 0) is 88.9 Å². The van der Waals surface area contributed by atoms with Gasteiger partial charge in [-0.1, -0.05) is 6.07 Å². The highest BCUT2D eigenvalue weighted by Crippen LogP contribution is 2.40. The minimum atomic E-state index is -0.522. The van der Waals surface area contributed by atoms with Crippen LogP contribution >= 0.6 is 0 Å². The molecule has 0 bridgehead atoms. The summed E-state index contributed by atoms with van der Waals surface area (Å²) in [4.78, 5) is 30.6. The number of rotatable bonds is 8. The third-order valence-corrected chi connectivity index (χ3v) is 6.39. The van der Waals surface area contributed by atoms with Crippen LogP contribution in [0, 0.1) is 5.82 Å². The molecule has 0 radical (unpaired) electrons. The highest BCUT2D eigenvalue weighted by Gasteiger charge is 2.26. The molecule has 4 aromatic rings. The van der Waals surface area contributed by atoms with Crippen LogP contribution in [0.2, 0.25) is 0 Å². The van der Waals surface area contributed by atoms with E-state index in [4.69, 9.17) is 9.72 Å². The average Bonchev–Trinajstić information content (AvgIpc) is 3.58. The first kappa shape index (κ1) is 24.9. The topological polar surface area (TPSA) is 89.9 Å². The van der Waals surface area contributed by atoms with E-state index in [2.05, 4.69) is 16.3 Å². The second-order valence-electron chi connectivity index (χ2n) is 10.7. The standard InChI is InChI=1S/C29H31FN4O3/c1-29(2,3)37-27(35)7-5-4-6-26-31-25-16-19(24-17-23(32-33-24)18-8-9-18)10-15-22(25)28(36)34(26)21-13-11-20(30)12-14-21/h10-18H,4-9H2,1-3H3,(H,32,33). The third kappa shape index (κ3) is 5.79. The van der Waals surface area contributed by atoms with Crippen LogP contribution in [-0.2, 0) is 16.0 Å². The van der Waals surface area contributed by atoms with Crippen molar-refractivity contribution in [3.05, 3.63) is 76.2 Å². The van der Waals surface area contributed by atoms with E-state index >= 15 is 0 Å². The van der Waals surface area contributed by atoms with Gasteiger partial charge in [0.1, 0.15) is 17.2 Å². The van der Waals surface area contributed by atoms with E-state index in [1.54, 1.807) is 18.2 Å². The second-order valence-corrected chi connectivity index (χ2v) is 10.7. The number of esters is 1. The van der Waals surface area contributed by atoms with Gasteiger partial charge in [0.2, 0.25) is 0 Å². The Hall–Kier alpha value is -3.81. The van der Waals surface area contributed by atoms with Crippen LogP contribution < -0.4 is 5.56 Å². The molecule has 2 aromatic carbocycles. The fraction of sp³-hybridized carbons (Fsp3) is 0.379. The summed E-state index contributed by atoms with van der Waals surface area (Å²) in [5.74, 6) is 0.504. The summed E-state index contributed by atoms with van der Waals surface area (Å²) in [5, 5.41) is 8.06. The Labute approximate surface area is 214 Å². The van der Waals surface area contributed by atoms with Gasteiger partial charge in [-0.25, -0.2) is 9.37 Å². The molecule has 1 N–H and O–H groups in total. The van der Waals surface area contributed by atoms with Crippen molar-refractivity contribution in [2.75, 3.05) is 0 Å². The SMILES string of the molecule is CC(C)(C)OC(=O)CCCCc1nc2cc(-c3cc(C4CC4)[nH]n3)ccc2c(=O)n1-c1ccc(F)cc1. The minimum absolute atomic E-state index is 0.217. The zero-order chi connectivity index (χ0) is 26.2. The number of nitrogens with zero attached hydrogens (tertiary/aromatic N) is 3. The third-order valence-electron chi connectivity index (χ3n) is 6.39. The van der Waals surface area contributed by atoms with Crippen LogP contribution in [0.3, 0.4) is 0 Å². The number of H-pyrrole nitrogens is 1. The van der Waals surface area contributed by atoms with Crippen LogP contribution in [0.4, 0.5) is 4.39 Å². The lowest BCUT2D eigenvalue weighted by molar-refractivity contribution is -0.154. The van der Waals surface area contributed by atoms with Gasteiger partial charge in [0.05, 0.1) is 22.3 Å². The maximum absolute atomic E-state index is 13.6. The molecule has 0 spiro atoms. The molecule has 0 aliphatic heterocycles. The lowest BCUT2D eigenvalue weighted by Crippen LogP contribution is -2.24. The molecule has 5 rings (SSSR count). The Morgan fingerprint density at radius 3 is 2.57 bits per heavy atom. The number of aromatic nitrogens is 4. The minimum Gasteiger partial charge on any atom is -0.460 e. The Morgan fingerprint density at radius 2 is 1.86 bits per heavy atom. The summed E-state index contributed by atoms with van der Waals surface area (Å²) in [6.07, 6.45) is 4.37. The van der Waals surface area contributed by atoms with Crippen molar-refractivity contribution in [1.82, 2.24) is 19.7 Å². The monoisotopic (exact) mass is 502 g/mol. The highest BCUT2D eigenvalue weighted by atomic mass is 19.1. The van der Waals surface area contributed by atoms with Crippen LogP contribution in [0.5, 0.6) is 0 Å². The summed E-state index contributed by atoms with van der Waals surface area (Å²) >= 11 is 0. The number of hydrogen-bond donors (Lipinski definition) is 1. The summed E-state index contributed by atoms with van der Waals surface area (Å²) in [5.41, 5.74) is 3.25. The van der Waals surface area contributed by atoms with Crippen molar-refractivity contribution >= 4 is 16.9 Å². The average molecular weight is 503 g/mol. The largest absolute Gasteiger partial charge is 0.460 e. The summed E-state index contributed by atoms with van der Waals surface area (Å²) in [6.45, 7) is 5.53. The molecule has 37 heavy (non-hydrogen) atoms. The van der Waals surface area contributed by atoms with Gasteiger partial charge in [0.15, 0.2) is 0 Å². The van der Waals surface area contributed by atoms with Gasteiger partial charge in [0, 0.05) is 30.0 Å². The van der Waals surface area contributed by atoms with Crippen molar-refractivity contribution in [1.29, 1.82) is 0 Å². The van der Waals surface area contributed by atoms with Gasteiger partial charge in [0.25, 0.3) is 5.56 Å². The second kappa shape index (κ2) is 9.92. The number of carbonyl (C=O) groups is 1. The number of benzene rings is 2. The van der Waals surface area contributed by atoms with Crippen LogP contribution in [-0.4, -0.2) is 31.3 Å². The van der Waals surface area contributed by atoms with Crippen LogP contribution in [0.15, 0.2) is 53.3 Å². The van der Waals surface area contributed by atoms with Gasteiger partial charge in [-0.15, -0.1) is 0 Å². The molecule has 192 valence electrons. The molecule has 2 aromatic heterocycles. The maximum Gasteiger partial charge on any atom is 0.306 e. The molecule has 1 aliphatic rings. The lowest BCUT2D eigenvalue weighted by Gasteiger charge is -2.19. The maximum atomic E-state index is 13.6. The molecule has 0 atom stereocenters. The van der Waals surface area contributed by atoms with Gasteiger partial charge in [-0.3, -0.25) is 19.3 Å². The quantitative estimate of drug-likeness (QED) is 0.241. The van der Waals surface area contributed by atoms with Crippen molar-refractivity contribution in [3.8, 4) is 16.9 Å². The Bertz CT molecular complexity index is 1490. The van der Waals surface area contributed by atoms with Crippen molar-refractivity contribution < 1.29 is 13.9 Å². The first-order valence-corrected chi connectivity index (χ1v) is 12.8. The van der Waals surface area contributed by atoms with Crippen LogP contribution in [0.1, 0.15) is 70.3 Å². The fourth-order valence-corrected chi connectivity index (χ4v) is 4.45. The van der Waals surface area contributed by atoms with Crippen molar-refractivity contribution in [3.63, 3.8) is 0 Å². The van der Waals surface area contributed by atoms with Gasteiger partial charge in [-0.2, -0.15) is 5.10 Å². The zero-order valence-corrected chi connectivity index (χ0v) is 21.4. The van der Waals surface area contributed by atoms with E-state index in [0.717, 1.165) is 17.0 Å². The summed E-state index contributed by atoms with van der Waals surface area (Å²) < 4.78 is 20.5. The number of fused-ring (bicyclic) bond motifs is 1. The first-order valence-electron chi connectivity index (χ1n) is 12.8. The van der Waals surface area contributed by atoms with E-state index in [0.29, 0.717) is 47.6 Å². The molecule has 0 saturated heterocycles. The van der Waals surface area contributed by atoms with Crippen molar-refractivity contribution in [2.24, 2.45) is 0 Å². The molecule has 1 aliphatic carbocycles. The van der Waals surface area contributed by atoms with Crippen molar-refractivity contribution in [2.45, 2.75) is 70.8 Å². The molecule has 1 saturated carbocycles. The first-order chi connectivity index (χ1) is 17.7. The number of halogens is 1. The number of nitrogens with one attached hydrogen (secondary N) is 1. The van der Waals surface area contributed by atoms with Gasteiger partial charge >= 0.3 is 5.97 Å². The predicted octanol–water partition coefficient (Wildman–Crippen LogP) is 5.85. The zero-order valence-electron chi connectivity index (χ0n) is 21.4. The smallest absolute Gasteiger partial charge is 0.306 e. The fourth-order valence-electron chi connectivity index (χ4n) is 4.45. The van der Waals surface area contributed by atoms with E-state index in [-0.39, 0.29) is 23.8 Å². The highest BCUT2D eigenvalue weighted by molar-refractivity contribution is 5.83. The van der Waals surface area contributed by atoms with Gasteiger partial charge < -0.3 is 4.74 Å². The summed E-state index contributed by atoms with van der Waals surface area (Å²) in [7, 11) is 0. The molecule has 1 fully saturated rings. The Kier molecular flexibility index (Phi) is 6.67. The van der Waals surface area contributed by atoms with E-state index < -0.39 is 5.60 Å². The molecule has 7 nitrogen and oxygen atoms in total. The number of hydrogen-bond acceptors (Lipinski definition) is 5. The molecule has 0 amide bonds. The molecule has 8 heteroatoms. The van der Waals surface area contributed by atoms with Crippen LogP contribution in [0.25, 0.3) is 27.8 Å². The molecular formula is C29H31FN4O3. The van der Waals surface area contributed by atoms with E-state index in [9.17, 15) is 14.0 Å². The summed E-state index contributed by atoms with van der Waals surface area (Å²) in [6, 6.07) is 13.4. The molecule has 2 heterocycles. The predicted molar refractivity (Wildman–Crippen MR) is 140 cm³/mol. The molecule has 0 unspecified atom stereocenters. The number of aryl methyl sites for hydroxylation is 1. The Balaban J connectivity index is 1.46. The number of carbonyl (C=O) groups excluding carboxylic acids is 1. The normalized spacial score (nSPS) is 13.7. The number of aromatic amines is 1. The number of ether oxygens (including phenoxy) is 1. The Morgan fingerprint density at radius 1 is 1.11 bits per heavy atom.